The van der Waals surface area contributed by atoms with Gasteiger partial charge < -0.3 is 0 Å². The summed E-state index contributed by atoms with van der Waals surface area (Å²) in [5, 5.41) is 0. The Morgan fingerprint density at radius 1 is 1.00 bits per heavy atom. The molecular weight excluding hydrogens is 206 g/mol. The van der Waals surface area contributed by atoms with E-state index in [0.717, 1.165) is 0 Å². The van der Waals surface area contributed by atoms with E-state index in [4.69, 9.17) is 0 Å². The summed E-state index contributed by atoms with van der Waals surface area (Å²) >= 11 is 0. The van der Waals surface area contributed by atoms with E-state index < -0.39 is 0 Å². The maximum atomic E-state index is 4.39. The largest absolute Gasteiger partial charge is 0.293 e. The molecule has 1 aliphatic carbocycles. The number of nitrogens with zero attached hydrogens (tertiary/aromatic N) is 1. The average molecular weight is 239 g/mol. The molecule has 0 atom stereocenters. The quantitative estimate of drug-likeness (QED) is 0.560. The van der Waals surface area contributed by atoms with Gasteiger partial charge in [0.25, 0.3) is 0 Å². The van der Waals surface area contributed by atoms with Crippen molar-refractivity contribution >= 4 is 5.71 Å². The molecule has 0 unspecified atom stereocenters. The van der Waals surface area contributed by atoms with Crippen LogP contribution >= 0.6 is 0 Å². The number of hydrogen-bond acceptors (Lipinski definition) is 1. The Kier molecular flexibility index (Phi) is 13.1. The molecule has 0 bridgehead atoms. The molecule has 1 aliphatic rings. The smallest absolute Gasteiger partial charge is 0.0376 e. The molecule has 0 heterocycles. The minimum atomic E-state index is 0.671. The van der Waals surface area contributed by atoms with Gasteiger partial charge >= 0.3 is 0 Å². The third-order valence-corrected chi connectivity index (χ3v) is 3.05. The molecule has 1 saturated carbocycles. The molecule has 0 N–H and O–H groups in total. The zero-order valence-corrected chi connectivity index (χ0v) is 13.4. The van der Waals surface area contributed by atoms with E-state index >= 15 is 0 Å². The lowest BCUT2D eigenvalue weighted by atomic mass is 9.86. The predicted molar refractivity (Wildman–Crippen MR) is 82.1 cm³/mol. The molecule has 0 aromatic rings. The molecule has 0 amide bonds. The van der Waals surface area contributed by atoms with Crippen molar-refractivity contribution in [3.63, 3.8) is 0 Å². The Balaban J connectivity index is 0. The van der Waals surface area contributed by atoms with Gasteiger partial charge in [-0.3, -0.25) is 4.99 Å². The van der Waals surface area contributed by atoms with Gasteiger partial charge in [-0.05, 0) is 44.1 Å². The van der Waals surface area contributed by atoms with Crippen molar-refractivity contribution in [3.05, 3.63) is 11.1 Å². The van der Waals surface area contributed by atoms with Crippen LogP contribution in [0.15, 0.2) is 16.1 Å². The van der Waals surface area contributed by atoms with Gasteiger partial charge in [0.05, 0.1) is 0 Å². The molecule has 0 aliphatic heterocycles. The zero-order valence-electron chi connectivity index (χ0n) is 13.4. The minimum absolute atomic E-state index is 0.671. The van der Waals surface area contributed by atoms with Crippen molar-refractivity contribution in [3.8, 4) is 0 Å². The van der Waals surface area contributed by atoms with Gasteiger partial charge in [0, 0.05) is 12.8 Å². The fourth-order valence-electron chi connectivity index (χ4n) is 1.91. The molecule has 102 valence electrons. The lowest BCUT2D eigenvalue weighted by molar-refractivity contribution is 0.695. The van der Waals surface area contributed by atoms with Crippen LogP contribution in [0.25, 0.3) is 0 Å². The predicted octanol–water partition coefficient (Wildman–Crippen LogP) is 5.66. The van der Waals surface area contributed by atoms with Crippen molar-refractivity contribution in [1.82, 2.24) is 0 Å². The van der Waals surface area contributed by atoms with E-state index in [1.807, 2.05) is 34.7 Å². The molecule has 0 aromatic heterocycles. The highest BCUT2D eigenvalue weighted by atomic mass is 14.7. The van der Waals surface area contributed by atoms with Crippen molar-refractivity contribution in [2.75, 3.05) is 7.05 Å². The molecule has 1 heteroatoms. The van der Waals surface area contributed by atoms with Crippen LogP contribution in [0.5, 0.6) is 0 Å². The van der Waals surface area contributed by atoms with Crippen LogP contribution in [0.3, 0.4) is 0 Å². The van der Waals surface area contributed by atoms with E-state index in [0.29, 0.717) is 5.92 Å². The van der Waals surface area contributed by atoms with Gasteiger partial charge in [0.2, 0.25) is 0 Å². The Morgan fingerprint density at radius 3 is 1.88 bits per heavy atom. The SMILES string of the molecule is CC.CC.CN=C1CCCC/C1=C(\C)C(C)C. The highest BCUT2D eigenvalue weighted by Gasteiger charge is 2.15. The maximum absolute atomic E-state index is 4.39. The van der Waals surface area contributed by atoms with Crippen LogP contribution in [-0.2, 0) is 0 Å². The van der Waals surface area contributed by atoms with Gasteiger partial charge in [-0.2, -0.15) is 0 Å². The lowest BCUT2D eigenvalue weighted by Gasteiger charge is -2.21. The monoisotopic (exact) mass is 239 g/mol. The Labute approximate surface area is 109 Å². The molecule has 0 aromatic carbocycles. The molecule has 1 nitrogen and oxygen atoms in total. The first-order valence-corrected chi connectivity index (χ1v) is 7.32. The second-order valence-corrected chi connectivity index (χ2v) is 4.19. The summed E-state index contributed by atoms with van der Waals surface area (Å²) < 4.78 is 0. The first-order valence-electron chi connectivity index (χ1n) is 7.32. The minimum Gasteiger partial charge on any atom is -0.293 e. The van der Waals surface area contributed by atoms with Crippen LogP contribution in [0.1, 0.15) is 74.1 Å². The van der Waals surface area contributed by atoms with E-state index in [-0.39, 0.29) is 0 Å². The molecule has 0 spiro atoms. The van der Waals surface area contributed by atoms with Crippen molar-refractivity contribution in [1.29, 1.82) is 0 Å². The van der Waals surface area contributed by atoms with Crippen LogP contribution < -0.4 is 0 Å². The summed E-state index contributed by atoms with van der Waals surface area (Å²) in [6, 6.07) is 0. The number of hydrogen-bond donors (Lipinski definition) is 0. The normalized spacial score (nSPS) is 20.2. The summed E-state index contributed by atoms with van der Waals surface area (Å²) in [7, 11) is 1.92. The fraction of sp³-hybridized carbons (Fsp3) is 0.812. The van der Waals surface area contributed by atoms with Gasteiger partial charge in [-0.1, -0.05) is 47.1 Å². The first-order chi connectivity index (χ1) is 8.16. The fourth-order valence-corrected chi connectivity index (χ4v) is 1.91. The number of allylic oxidation sites excluding steroid dienone is 2. The zero-order chi connectivity index (χ0) is 13.8. The molecule has 1 fully saturated rings. The Hall–Kier alpha value is -0.590. The third kappa shape index (κ3) is 6.65. The standard InChI is InChI=1S/C12H21N.2C2H6/c1-9(2)10(3)11-7-5-6-8-12(11)13-4;2*1-2/h9H,5-8H2,1-4H3;2*1-2H3/b11-10-,13-12?;;. The Bertz CT molecular complexity index is 234. The summed E-state index contributed by atoms with van der Waals surface area (Å²) in [6.45, 7) is 14.8. The average Bonchev–Trinajstić information content (AvgIpc) is 2.42. The second kappa shape index (κ2) is 11.9. The van der Waals surface area contributed by atoms with Crippen LogP contribution in [-0.4, -0.2) is 12.8 Å². The second-order valence-electron chi connectivity index (χ2n) is 4.19. The molecular formula is C16H33N. The summed E-state index contributed by atoms with van der Waals surface area (Å²) in [6.07, 6.45) is 5.10. The van der Waals surface area contributed by atoms with E-state index in [1.54, 1.807) is 11.1 Å². The molecule has 0 radical (unpaired) electrons. The van der Waals surface area contributed by atoms with Crippen LogP contribution in [0, 0.1) is 5.92 Å². The number of rotatable bonds is 1. The van der Waals surface area contributed by atoms with Gasteiger partial charge in [0.15, 0.2) is 0 Å². The highest BCUT2D eigenvalue weighted by Crippen LogP contribution is 2.26. The van der Waals surface area contributed by atoms with Gasteiger partial charge in [-0.25, -0.2) is 0 Å². The van der Waals surface area contributed by atoms with Crippen LogP contribution in [0.2, 0.25) is 0 Å². The highest BCUT2D eigenvalue weighted by molar-refractivity contribution is 6.01. The molecule has 17 heavy (non-hydrogen) atoms. The maximum Gasteiger partial charge on any atom is 0.0376 e. The van der Waals surface area contributed by atoms with Crippen molar-refractivity contribution < 1.29 is 0 Å². The van der Waals surface area contributed by atoms with Crippen molar-refractivity contribution in [2.45, 2.75) is 74.1 Å². The van der Waals surface area contributed by atoms with Crippen molar-refractivity contribution in [2.24, 2.45) is 10.9 Å². The van der Waals surface area contributed by atoms with E-state index in [9.17, 15) is 0 Å². The molecule has 0 saturated heterocycles. The third-order valence-electron chi connectivity index (χ3n) is 3.05. The van der Waals surface area contributed by atoms with Gasteiger partial charge in [0.1, 0.15) is 0 Å². The Morgan fingerprint density at radius 2 is 1.47 bits per heavy atom. The van der Waals surface area contributed by atoms with Crippen LogP contribution in [0.4, 0.5) is 0 Å². The first kappa shape index (κ1) is 18.8. The van der Waals surface area contributed by atoms with E-state index in [1.165, 1.54) is 31.4 Å². The lowest BCUT2D eigenvalue weighted by Crippen LogP contribution is -2.12. The van der Waals surface area contributed by atoms with E-state index in [2.05, 4.69) is 25.8 Å². The molecule has 1 rings (SSSR count). The summed E-state index contributed by atoms with van der Waals surface area (Å²) in [4.78, 5) is 4.39. The topological polar surface area (TPSA) is 12.4 Å². The van der Waals surface area contributed by atoms with Gasteiger partial charge in [-0.15, -0.1) is 0 Å². The summed E-state index contributed by atoms with van der Waals surface area (Å²) in [5.41, 5.74) is 4.45. The summed E-state index contributed by atoms with van der Waals surface area (Å²) in [5.74, 6) is 0.671. The number of aliphatic imine (C=N–C) groups is 1.